The van der Waals surface area contributed by atoms with Crippen molar-refractivity contribution in [2.45, 2.75) is 26.4 Å². The highest BCUT2D eigenvalue weighted by Gasteiger charge is 2.30. The molecule has 2 aromatic carbocycles. The van der Waals surface area contributed by atoms with Crippen molar-refractivity contribution in [3.8, 4) is 11.1 Å². The number of nitrogens with one attached hydrogen (secondary N) is 1. The number of halogens is 3. The number of aliphatic imine (C=N–C) groups is 1. The fourth-order valence-electron chi connectivity index (χ4n) is 5.26. The Hall–Kier alpha value is -4.76. The van der Waals surface area contributed by atoms with E-state index >= 15 is 0 Å². The molecule has 1 saturated heterocycles. The first-order valence-electron chi connectivity index (χ1n) is 15.1. The number of hydrogen-bond acceptors (Lipinski definition) is 6. The van der Waals surface area contributed by atoms with Gasteiger partial charge in [0.1, 0.15) is 0 Å². The molecular formula is C37H40F3N5O. The lowest BCUT2D eigenvalue weighted by atomic mass is 9.98. The maximum atomic E-state index is 13.3. The van der Waals surface area contributed by atoms with Crippen LogP contribution in [0.2, 0.25) is 0 Å². The van der Waals surface area contributed by atoms with Crippen molar-refractivity contribution >= 4 is 23.3 Å². The van der Waals surface area contributed by atoms with E-state index < -0.39 is 11.7 Å². The van der Waals surface area contributed by atoms with Crippen LogP contribution in [0.25, 0.3) is 16.7 Å². The molecule has 4 rings (SSSR count). The average molecular weight is 628 g/mol. The van der Waals surface area contributed by atoms with Crippen molar-refractivity contribution < 1.29 is 18.0 Å². The van der Waals surface area contributed by atoms with Gasteiger partial charge in [-0.3, -0.25) is 14.8 Å². The van der Waals surface area contributed by atoms with Crippen LogP contribution in [0.5, 0.6) is 0 Å². The van der Waals surface area contributed by atoms with Crippen molar-refractivity contribution in [3.05, 3.63) is 125 Å². The molecule has 0 unspecified atom stereocenters. The second kappa shape index (κ2) is 15.5. The monoisotopic (exact) mass is 627 g/mol. The number of carbonyl (C=O) groups is 1. The Labute approximate surface area is 269 Å². The number of aromatic nitrogens is 1. The number of alkyl halides is 3. The van der Waals surface area contributed by atoms with E-state index in [9.17, 15) is 18.0 Å². The lowest BCUT2D eigenvalue weighted by Crippen LogP contribution is -2.44. The summed E-state index contributed by atoms with van der Waals surface area (Å²) in [5.74, 6) is -0.304. The molecule has 2 heterocycles. The highest BCUT2D eigenvalue weighted by atomic mass is 19.4. The normalized spacial score (nSPS) is 15.6. The maximum absolute atomic E-state index is 13.3. The number of pyridine rings is 1. The molecule has 0 atom stereocenters. The molecule has 46 heavy (non-hydrogen) atoms. The van der Waals surface area contributed by atoms with Crippen molar-refractivity contribution in [2.24, 2.45) is 4.99 Å². The SMILES string of the molecule is C=C/C=C(C)\C(N/C=C(\C=N/C)c1cncc(-c2ccc(N3CCN(C)CC3)cc2)c1)=C(/C)C(=O)Cc1cccc(C(F)(F)F)c1. The van der Waals surface area contributed by atoms with Gasteiger partial charge in [-0.1, -0.05) is 49.1 Å². The summed E-state index contributed by atoms with van der Waals surface area (Å²) >= 11 is 0. The van der Waals surface area contributed by atoms with Crippen LogP contribution in [0.4, 0.5) is 18.9 Å². The molecular weight excluding hydrogens is 587 g/mol. The molecule has 1 N–H and O–H groups in total. The van der Waals surface area contributed by atoms with Crippen molar-refractivity contribution in [2.75, 3.05) is 45.2 Å². The molecule has 0 saturated carbocycles. The van der Waals surface area contributed by atoms with Crippen LogP contribution in [0, 0.1) is 0 Å². The Morgan fingerprint density at radius 2 is 1.74 bits per heavy atom. The number of nitrogens with zero attached hydrogens (tertiary/aromatic N) is 4. The Morgan fingerprint density at radius 3 is 2.39 bits per heavy atom. The molecule has 0 aliphatic carbocycles. The minimum atomic E-state index is -4.48. The summed E-state index contributed by atoms with van der Waals surface area (Å²) in [5.41, 5.74) is 5.88. The van der Waals surface area contributed by atoms with Crippen LogP contribution in [-0.4, -0.2) is 62.2 Å². The molecule has 9 heteroatoms. The fourth-order valence-corrected chi connectivity index (χ4v) is 5.26. The van der Waals surface area contributed by atoms with Gasteiger partial charge in [0, 0.05) is 98.1 Å². The van der Waals surface area contributed by atoms with Crippen molar-refractivity contribution in [1.29, 1.82) is 0 Å². The third-order valence-corrected chi connectivity index (χ3v) is 7.96. The van der Waals surface area contributed by atoms with Gasteiger partial charge in [-0.15, -0.1) is 0 Å². The molecule has 1 aliphatic rings. The zero-order chi connectivity index (χ0) is 33.3. The van der Waals surface area contributed by atoms with E-state index in [1.165, 1.54) is 17.8 Å². The molecule has 3 aromatic rings. The Bertz CT molecular complexity index is 1660. The van der Waals surface area contributed by atoms with Crippen molar-refractivity contribution in [1.82, 2.24) is 15.2 Å². The first-order chi connectivity index (χ1) is 22.0. The van der Waals surface area contributed by atoms with Gasteiger partial charge in [0.25, 0.3) is 0 Å². The molecule has 0 bridgehead atoms. The summed E-state index contributed by atoms with van der Waals surface area (Å²) in [6.07, 6.45) is 5.74. The van der Waals surface area contributed by atoms with Crippen LogP contribution in [0.1, 0.15) is 30.5 Å². The van der Waals surface area contributed by atoms with E-state index in [0.29, 0.717) is 11.3 Å². The predicted octanol–water partition coefficient (Wildman–Crippen LogP) is 7.37. The number of hydrogen-bond donors (Lipinski definition) is 1. The summed E-state index contributed by atoms with van der Waals surface area (Å²) in [5, 5.41) is 3.27. The first kappa shape index (κ1) is 34.1. The van der Waals surface area contributed by atoms with Gasteiger partial charge >= 0.3 is 6.18 Å². The Kier molecular flexibility index (Phi) is 11.5. The zero-order valence-corrected chi connectivity index (χ0v) is 26.7. The fraction of sp³-hybridized carbons (Fsp3) is 0.270. The van der Waals surface area contributed by atoms with Crippen LogP contribution in [0.15, 0.2) is 114 Å². The third kappa shape index (κ3) is 8.91. The summed E-state index contributed by atoms with van der Waals surface area (Å²) in [4.78, 5) is 26.8. The summed E-state index contributed by atoms with van der Waals surface area (Å²) in [7, 11) is 3.81. The lowest BCUT2D eigenvalue weighted by molar-refractivity contribution is -0.137. The third-order valence-electron chi connectivity index (χ3n) is 7.96. The van der Waals surface area contributed by atoms with E-state index in [1.807, 2.05) is 19.2 Å². The van der Waals surface area contributed by atoms with Gasteiger partial charge in [-0.25, -0.2) is 0 Å². The second-order valence-electron chi connectivity index (χ2n) is 11.3. The van der Waals surface area contributed by atoms with Crippen LogP contribution < -0.4 is 10.2 Å². The molecule has 6 nitrogen and oxygen atoms in total. The Morgan fingerprint density at radius 1 is 1.02 bits per heavy atom. The van der Waals surface area contributed by atoms with Crippen LogP contribution in [-0.2, 0) is 17.4 Å². The van der Waals surface area contributed by atoms with E-state index in [0.717, 1.165) is 66.1 Å². The number of carbonyl (C=O) groups excluding carboxylic acids is 1. The van der Waals surface area contributed by atoms with E-state index in [4.69, 9.17) is 0 Å². The van der Waals surface area contributed by atoms with Crippen LogP contribution >= 0.6 is 0 Å². The Balaban J connectivity index is 1.60. The van der Waals surface area contributed by atoms with E-state index in [1.54, 1.807) is 44.7 Å². The minimum absolute atomic E-state index is 0.172. The number of likely N-dealkylation sites (N-methyl/N-ethyl adjacent to an activating group) is 1. The molecule has 1 aromatic heterocycles. The highest BCUT2D eigenvalue weighted by molar-refractivity contribution is 6.10. The van der Waals surface area contributed by atoms with Gasteiger partial charge in [0.2, 0.25) is 0 Å². The first-order valence-corrected chi connectivity index (χ1v) is 15.1. The minimum Gasteiger partial charge on any atom is -0.369 e. The van der Waals surface area contributed by atoms with E-state index in [2.05, 4.69) is 63.0 Å². The van der Waals surface area contributed by atoms with Gasteiger partial charge in [-0.2, -0.15) is 13.2 Å². The van der Waals surface area contributed by atoms with Gasteiger partial charge in [-0.05, 0) is 61.9 Å². The predicted molar refractivity (Wildman–Crippen MR) is 182 cm³/mol. The second-order valence-corrected chi connectivity index (χ2v) is 11.3. The summed E-state index contributed by atoms with van der Waals surface area (Å²) in [6, 6.07) is 15.4. The number of ketones is 1. The maximum Gasteiger partial charge on any atom is 0.416 e. The molecule has 0 amide bonds. The molecule has 1 fully saturated rings. The number of rotatable bonds is 11. The number of piperazine rings is 1. The largest absolute Gasteiger partial charge is 0.416 e. The van der Waals surface area contributed by atoms with Crippen molar-refractivity contribution in [3.63, 3.8) is 0 Å². The standard InChI is InChI=1S/C37H40F3N5O/c1-6-8-26(2)36(27(3)35(46)20-28-9-7-10-33(19-28)37(38,39)40)43-25-32(22-41-4)31-21-30(23-42-24-31)29-11-13-34(14-12-29)45-17-15-44(5)16-18-45/h6-14,19,21-25,43H,1,15-18,20H2,2-5H3/b26-8-,32-25+,36-27-,41-22-. The number of allylic oxidation sites excluding steroid dienone is 5. The zero-order valence-electron chi connectivity index (χ0n) is 26.7. The quantitative estimate of drug-likeness (QED) is 0.137. The highest BCUT2D eigenvalue weighted by Crippen LogP contribution is 2.30. The molecule has 0 radical (unpaired) electrons. The van der Waals surface area contributed by atoms with E-state index in [-0.39, 0.29) is 17.8 Å². The topological polar surface area (TPSA) is 60.8 Å². The summed E-state index contributed by atoms with van der Waals surface area (Å²) in [6.45, 7) is 11.3. The summed E-state index contributed by atoms with van der Waals surface area (Å²) < 4.78 is 39.7. The van der Waals surface area contributed by atoms with Gasteiger partial charge in [0.05, 0.1) is 5.56 Å². The number of benzene rings is 2. The average Bonchev–Trinajstić information content (AvgIpc) is 3.04. The number of Topliss-reactive ketones (excluding diaryl/α,β-unsaturated/α-hetero) is 1. The van der Waals surface area contributed by atoms with Crippen LogP contribution in [0.3, 0.4) is 0 Å². The lowest BCUT2D eigenvalue weighted by Gasteiger charge is -2.34. The molecule has 240 valence electrons. The molecule has 1 aliphatic heterocycles. The van der Waals surface area contributed by atoms with Gasteiger partial charge in [0.15, 0.2) is 5.78 Å². The smallest absolute Gasteiger partial charge is 0.369 e. The number of anilines is 1. The van der Waals surface area contributed by atoms with Gasteiger partial charge < -0.3 is 15.1 Å². The molecule has 0 spiro atoms.